The summed E-state index contributed by atoms with van der Waals surface area (Å²) in [4.78, 5) is 29.0. The van der Waals surface area contributed by atoms with Crippen LogP contribution in [-0.2, 0) is 16.6 Å². The van der Waals surface area contributed by atoms with Gasteiger partial charge in [-0.15, -0.1) is 11.8 Å². The largest absolute Gasteiger partial charge is 0.376 e. The molecule has 0 spiro atoms. The predicted octanol–water partition coefficient (Wildman–Crippen LogP) is 9.57. The van der Waals surface area contributed by atoms with Gasteiger partial charge in [0.1, 0.15) is 12.0 Å². The highest BCUT2D eigenvalue weighted by Crippen LogP contribution is 2.38. The van der Waals surface area contributed by atoms with Crippen LogP contribution in [0.15, 0.2) is 131 Å². The van der Waals surface area contributed by atoms with Gasteiger partial charge in [0.25, 0.3) is 15.7 Å². The van der Waals surface area contributed by atoms with Crippen molar-refractivity contribution in [2.45, 2.75) is 66.6 Å². The molecule has 3 aliphatic heterocycles. The molecule has 0 radical (unpaired) electrons. The number of nitro benzene ring substituents is 1. The Hall–Kier alpha value is -5.25. The van der Waals surface area contributed by atoms with E-state index < -0.39 is 14.9 Å². The Morgan fingerprint density at radius 3 is 2.31 bits per heavy atom. The van der Waals surface area contributed by atoms with Gasteiger partial charge in [0.05, 0.1) is 15.3 Å². The van der Waals surface area contributed by atoms with Gasteiger partial charge in [-0.3, -0.25) is 24.6 Å². The van der Waals surface area contributed by atoms with Gasteiger partial charge in [0.15, 0.2) is 5.82 Å². The van der Waals surface area contributed by atoms with Gasteiger partial charge in [0, 0.05) is 90.2 Å². The van der Waals surface area contributed by atoms with E-state index in [2.05, 4.69) is 83.2 Å². The summed E-state index contributed by atoms with van der Waals surface area (Å²) in [6.07, 6.45) is 7.10. The van der Waals surface area contributed by atoms with Crippen LogP contribution in [-0.4, -0.2) is 89.7 Å². The van der Waals surface area contributed by atoms with E-state index in [4.69, 9.17) is 11.6 Å². The van der Waals surface area contributed by atoms with Gasteiger partial charge in [-0.2, -0.15) is 0 Å². The summed E-state index contributed by atoms with van der Waals surface area (Å²) >= 11 is 7.86. The SMILES string of the molecule is O=[N+]([O-])c1cc(S(=O)(=O)Nc2ncnc3cc(N4CCN(Cc5ccccc5-c5ccc(Cl)cc5)CC4)ccc23)ccc1NC(CCN1C2CCC1CC2)CSc1ccccc1. The zero-order chi connectivity index (χ0) is 42.6. The number of piperazine rings is 1. The second-order valence-electron chi connectivity index (χ2n) is 16.3. The zero-order valence-corrected chi connectivity index (χ0v) is 36.7. The number of anilines is 3. The smallest absolute Gasteiger partial charge is 0.293 e. The fourth-order valence-corrected chi connectivity index (χ4v) is 11.4. The van der Waals surface area contributed by atoms with Crippen LogP contribution in [0.1, 0.15) is 37.7 Å². The normalized spacial score (nSPS) is 18.6. The molecule has 3 saturated heterocycles. The number of sulfonamides is 1. The highest BCUT2D eigenvalue weighted by molar-refractivity contribution is 7.99. The number of hydrogen-bond donors (Lipinski definition) is 2. The molecule has 15 heteroatoms. The van der Waals surface area contributed by atoms with E-state index in [1.54, 1.807) is 11.8 Å². The summed E-state index contributed by atoms with van der Waals surface area (Å²) in [7, 11) is -4.27. The number of halogens is 1. The highest BCUT2D eigenvalue weighted by atomic mass is 35.5. The van der Waals surface area contributed by atoms with Crippen LogP contribution in [0.3, 0.4) is 0 Å². The molecule has 12 nitrogen and oxygen atoms in total. The minimum absolute atomic E-state index is 0.0797. The van der Waals surface area contributed by atoms with Crippen molar-refractivity contribution in [3.05, 3.63) is 142 Å². The van der Waals surface area contributed by atoms with Gasteiger partial charge in [-0.25, -0.2) is 18.4 Å². The maximum absolute atomic E-state index is 13.9. The fourth-order valence-electron chi connectivity index (χ4n) is 9.26. The van der Waals surface area contributed by atoms with Crippen LogP contribution in [0.25, 0.3) is 22.0 Å². The van der Waals surface area contributed by atoms with Crippen LogP contribution in [0, 0.1) is 10.1 Å². The quantitative estimate of drug-likeness (QED) is 0.0546. The van der Waals surface area contributed by atoms with Crippen molar-refractivity contribution in [1.29, 1.82) is 0 Å². The molecule has 1 atom stereocenters. The molecular formula is C47H49ClN8O4S2. The first-order valence-corrected chi connectivity index (χ1v) is 24.1. The van der Waals surface area contributed by atoms with E-state index in [0.717, 1.165) is 72.9 Å². The molecule has 320 valence electrons. The van der Waals surface area contributed by atoms with Crippen molar-refractivity contribution in [2.24, 2.45) is 0 Å². The zero-order valence-electron chi connectivity index (χ0n) is 34.3. The van der Waals surface area contributed by atoms with Crippen molar-refractivity contribution in [1.82, 2.24) is 19.8 Å². The van der Waals surface area contributed by atoms with Crippen LogP contribution in [0.5, 0.6) is 0 Å². The Labute approximate surface area is 371 Å². The lowest BCUT2D eigenvalue weighted by molar-refractivity contribution is -0.384. The first kappa shape index (κ1) is 42.1. The number of nitrogens with one attached hydrogen (secondary N) is 2. The summed E-state index contributed by atoms with van der Waals surface area (Å²) in [6, 6.07) is 37.5. The van der Waals surface area contributed by atoms with E-state index >= 15 is 0 Å². The lowest BCUT2D eigenvalue weighted by Gasteiger charge is -2.36. The van der Waals surface area contributed by atoms with E-state index in [0.29, 0.717) is 34.4 Å². The number of hydrogen-bond acceptors (Lipinski definition) is 11. The molecule has 4 heterocycles. The average molecular weight is 890 g/mol. The molecular weight excluding hydrogens is 840 g/mol. The van der Waals surface area contributed by atoms with E-state index in [-0.39, 0.29) is 22.4 Å². The number of nitrogens with zero attached hydrogens (tertiary/aromatic N) is 6. The monoisotopic (exact) mass is 888 g/mol. The molecule has 0 amide bonds. The average Bonchev–Trinajstić information content (AvgIpc) is 3.87. The Balaban J connectivity index is 0.867. The van der Waals surface area contributed by atoms with E-state index in [1.165, 1.54) is 55.3 Å². The third-order valence-electron chi connectivity index (χ3n) is 12.5. The number of thioether (sulfide) groups is 1. The molecule has 1 unspecified atom stereocenters. The molecule has 5 aromatic carbocycles. The molecule has 6 aromatic rings. The molecule has 62 heavy (non-hydrogen) atoms. The maximum Gasteiger partial charge on any atom is 0.293 e. The number of fused-ring (bicyclic) bond motifs is 3. The molecule has 2 bridgehead atoms. The second kappa shape index (κ2) is 18.6. The van der Waals surface area contributed by atoms with Crippen molar-refractivity contribution in [3.8, 4) is 11.1 Å². The van der Waals surface area contributed by atoms with Crippen LogP contribution in [0.4, 0.5) is 22.9 Å². The lowest BCUT2D eigenvalue weighted by atomic mass is 9.99. The van der Waals surface area contributed by atoms with Crippen LogP contribution in [0.2, 0.25) is 5.02 Å². The second-order valence-corrected chi connectivity index (χ2v) is 19.6. The Kier molecular flexibility index (Phi) is 12.6. The third kappa shape index (κ3) is 9.54. The van der Waals surface area contributed by atoms with Crippen molar-refractivity contribution < 1.29 is 13.3 Å². The first-order chi connectivity index (χ1) is 30.2. The molecule has 3 aliphatic rings. The fraction of sp³-hybridized carbons (Fsp3) is 0.319. The van der Waals surface area contributed by atoms with E-state index in [9.17, 15) is 18.5 Å². The summed E-state index contributed by atoms with van der Waals surface area (Å²) in [6.45, 7) is 5.12. The number of aromatic nitrogens is 2. The summed E-state index contributed by atoms with van der Waals surface area (Å²) in [5, 5.41) is 17.2. The van der Waals surface area contributed by atoms with Crippen LogP contribution >= 0.6 is 23.4 Å². The van der Waals surface area contributed by atoms with Crippen molar-refractivity contribution in [2.75, 3.05) is 53.4 Å². The van der Waals surface area contributed by atoms with Crippen molar-refractivity contribution in [3.63, 3.8) is 0 Å². The number of nitro groups is 1. The standard InChI is InChI=1S/C47H49ClN8O4S2/c48-35-12-10-33(11-13-35)42-9-5-4-6-34(42)30-53-24-26-54(27-25-53)39-18-20-43-45(28-39)49-32-50-47(43)52-62(59,60)41-19-21-44(46(29-41)56(57)58)51-36(31-61-40-7-2-1-3-8-40)22-23-55-37-14-15-38(55)17-16-37/h1-13,18-21,28-29,32,36-38,51H,14-17,22-27,30-31H2,(H,49,50,52). The molecule has 0 saturated carbocycles. The van der Waals surface area contributed by atoms with Crippen molar-refractivity contribution >= 4 is 67.2 Å². The Morgan fingerprint density at radius 2 is 1.56 bits per heavy atom. The molecule has 3 fully saturated rings. The maximum atomic E-state index is 13.9. The molecule has 2 N–H and O–H groups in total. The topological polar surface area (TPSA) is 137 Å². The number of rotatable bonds is 16. The summed E-state index contributed by atoms with van der Waals surface area (Å²) in [5.74, 6) is 0.801. The first-order valence-electron chi connectivity index (χ1n) is 21.2. The minimum atomic E-state index is -4.27. The Morgan fingerprint density at radius 1 is 0.839 bits per heavy atom. The summed E-state index contributed by atoms with van der Waals surface area (Å²) in [5.41, 5.74) is 5.17. The van der Waals surface area contributed by atoms with Gasteiger partial charge in [-0.05, 0) is 103 Å². The highest BCUT2D eigenvalue weighted by Gasteiger charge is 2.39. The minimum Gasteiger partial charge on any atom is -0.376 e. The van der Waals surface area contributed by atoms with Gasteiger partial charge in [-0.1, -0.05) is 66.2 Å². The van der Waals surface area contributed by atoms with Gasteiger partial charge < -0.3 is 10.2 Å². The third-order valence-corrected chi connectivity index (χ3v) is 15.3. The lowest BCUT2D eigenvalue weighted by Crippen LogP contribution is -2.46. The summed E-state index contributed by atoms with van der Waals surface area (Å²) < 4.78 is 30.4. The predicted molar refractivity (Wildman–Crippen MR) is 250 cm³/mol. The van der Waals surface area contributed by atoms with Crippen LogP contribution < -0.4 is 14.9 Å². The van der Waals surface area contributed by atoms with Gasteiger partial charge in [0.2, 0.25) is 0 Å². The molecule has 1 aromatic heterocycles. The Bertz CT molecular complexity index is 2630. The van der Waals surface area contributed by atoms with Gasteiger partial charge >= 0.3 is 0 Å². The molecule has 0 aliphatic carbocycles. The molecule has 9 rings (SSSR count). The van der Waals surface area contributed by atoms with E-state index in [1.807, 2.05) is 48.5 Å². The number of benzene rings is 5.